The third-order valence-corrected chi connectivity index (χ3v) is 3.37. The molecule has 2 rings (SSSR count). The fourth-order valence-electron chi connectivity index (χ4n) is 2.05. The molecule has 3 nitrogen and oxygen atoms in total. The van der Waals surface area contributed by atoms with Crippen molar-refractivity contribution in [2.24, 2.45) is 0 Å². The molecule has 0 spiro atoms. The van der Waals surface area contributed by atoms with Gasteiger partial charge in [-0.05, 0) is 38.1 Å². The summed E-state index contributed by atoms with van der Waals surface area (Å²) in [6.07, 6.45) is 3.05. The van der Waals surface area contributed by atoms with Crippen molar-refractivity contribution in [3.63, 3.8) is 0 Å². The molecule has 0 radical (unpaired) electrons. The Kier molecular flexibility index (Phi) is 5.15. The first-order chi connectivity index (χ1) is 9.60. The first-order valence-electron chi connectivity index (χ1n) is 6.77. The van der Waals surface area contributed by atoms with Crippen LogP contribution in [-0.2, 0) is 13.1 Å². The molecule has 1 N–H and O–H groups in total. The minimum Gasteiger partial charge on any atom is -0.313 e. The first-order valence-corrected chi connectivity index (χ1v) is 7.15. The molecule has 0 amide bonds. The zero-order valence-electron chi connectivity index (χ0n) is 11.8. The SMILES string of the molecule is CCCNCc1cn(Cc2cc(Cl)ccc2F)nc1C. The van der Waals surface area contributed by atoms with Crippen LogP contribution in [0.5, 0.6) is 0 Å². The standard InChI is InChI=1S/C15H19ClFN3/c1-3-6-18-8-13-10-20(19-11(13)2)9-12-7-14(16)4-5-15(12)17/h4-5,7,10,18H,3,6,8-9H2,1-2H3. The van der Waals surface area contributed by atoms with Gasteiger partial charge in [0.1, 0.15) is 5.82 Å². The molecule has 2 aromatic rings. The lowest BCUT2D eigenvalue weighted by atomic mass is 10.2. The lowest BCUT2D eigenvalue weighted by molar-refractivity contribution is 0.583. The highest BCUT2D eigenvalue weighted by atomic mass is 35.5. The van der Waals surface area contributed by atoms with E-state index in [0.717, 1.165) is 30.8 Å². The average Bonchev–Trinajstić information content (AvgIpc) is 2.75. The number of aromatic nitrogens is 2. The van der Waals surface area contributed by atoms with E-state index in [1.54, 1.807) is 16.8 Å². The lowest BCUT2D eigenvalue weighted by Crippen LogP contribution is -2.13. The van der Waals surface area contributed by atoms with Gasteiger partial charge in [-0.2, -0.15) is 5.10 Å². The predicted octanol–water partition coefficient (Wildman–Crippen LogP) is 3.53. The second kappa shape index (κ2) is 6.86. The van der Waals surface area contributed by atoms with Crippen LogP contribution in [-0.4, -0.2) is 16.3 Å². The maximum absolute atomic E-state index is 13.7. The molecular weight excluding hydrogens is 277 g/mol. The molecule has 0 saturated carbocycles. The molecule has 0 aliphatic carbocycles. The van der Waals surface area contributed by atoms with Gasteiger partial charge in [0.25, 0.3) is 0 Å². The van der Waals surface area contributed by atoms with Crippen molar-refractivity contribution in [2.45, 2.75) is 33.4 Å². The number of hydrogen-bond donors (Lipinski definition) is 1. The number of nitrogens with zero attached hydrogens (tertiary/aromatic N) is 2. The second-order valence-electron chi connectivity index (χ2n) is 4.85. The van der Waals surface area contributed by atoms with Crippen molar-refractivity contribution in [3.8, 4) is 0 Å². The Hall–Kier alpha value is -1.39. The fourth-order valence-corrected chi connectivity index (χ4v) is 2.25. The fraction of sp³-hybridized carbons (Fsp3) is 0.400. The summed E-state index contributed by atoms with van der Waals surface area (Å²) < 4.78 is 15.5. The average molecular weight is 296 g/mol. The Bertz CT molecular complexity index is 580. The highest BCUT2D eigenvalue weighted by molar-refractivity contribution is 6.30. The van der Waals surface area contributed by atoms with E-state index < -0.39 is 0 Å². The Morgan fingerprint density at radius 2 is 2.15 bits per heavy atom. The van der Waals surface area contributed by atoms with Crippen LogP contribution in [0.3, 0.4) is 0 Å². The highest BCUT2D eigenvalue weighted by Gasteiger charge is 2.08. The van der Waals surface area contributed by atoms with Crippen LogP contribution in [0.1, 0.15) is 30.2 Å². The number of hydrogen-bond acceptors (Lipinski definition) is 2. The van der Waals surface area contributed by atoms with Gasteiger partial charge >= 0.3 is 0 Å². The second-order valence-corrected chi connectivity index (χ2v) is 5.29. The molecule has 5 heteroatoms. The van der Waals surface area contributed by atoms with Crippen LogP contribution in [0.2, 0.25) is 5.02 Å². The van der Waals surface area contributed by atoms with Gasteiger partial charge in [0.15, 0.2) is 0 Å². The van der Waals surface area contributed by atoms with E-state index >= 15 is 0 Å². The predicted molar refractivity (Wildman–Crippen MR) is 79.5 cm³/mol. The molecule has 0 aliphatic heterocycles. The Labute approximate surface area is 123 Å². The van der Waals surface area contributed by atoms with Crippen molar-refractivity contribution in [2.75, 3.05) is 6.54 Å². The van der Waals surface area contributed by atoms with E-state index in [0.29, 0.717) is 17.1 Å². The zero-order chi connectivity index (χ0) is 14.5. The molecule has 0 saturated heterocycles. The molecule has 0 unspecified atom stereocenters. The normalized spacial score (nSPS) is 11.0. The van der Waals surface area contributed by atoms with Crippen LogP contribution in [0, 0.1) is 12.7 Å². The van der Waals surface area contributed by atoms with Crippen molar-refractivity contribution >= 4 is 11.6 Å². The molecular formula is C15H19ClFN3. The van der Waals surface area contributed by atoms with Crippen molar-refractivity contribution < 1.29 is 4.39 Å². The highest BCUT2D eigenvalue weighted by Crippen LogP contribution is 2.16. The largest absolute Gasteiger partial charge is 0.313 e. The molecule has 1 heterocycles. The zero-order valence-corrected chi connectivity index (χ0v) is 12.5. The minimum atomic E-state index is -0.256. The third kappa shape index (κ3) is 3.81. The summed E-state index contributed by atoms with van der Waals surface area (Å²) in [7, 11) is 0. The summed E-state index contributed by atoms with van der Waals surface area (Å²) in [5.41, 5.74) is 2.66. The number of nitrogens with one attached hydrogen (secondary N) is 1. The van der Waals surface area contributed by atoms with Crippen LogP contribution < -0.4 is 5.32 Å². The van der Waals surface area contributed by atoms with Crippen LogP contribution >= 0.6 is 11.6 Å². The monoisotopic (exact) mass is 295 g/mol. The van der Waals surface area contributed by atoms with Crippen molar-refractivity contribution in [1.29, 1.82) is 0 Å². The van der Waals surface area contributed by atoms with Gasteiger partial charge in [0, 0.05) is 28.9 Å². The summed E-state index contributed by atoms with van der Waals surface area (Å²) in [5.74, 6) is -0.256. The molecule has 20 heavy (non-hydrogen) atoms. The number of benzene rings is 1. The van der Waals surface area contributed by atoms with E-state index in [4.69, 9.17) is 11.6 Å². The molecule has 0 atom stereocenters. The maximum atomic E-state index is 13.7. The molecule has 1 aromatic carbocycles. The van der Waals surface area contributed by atoms with Crippen LogP contribution in [0.4, 0.5) is 4.39 Å². The smallest absolute Gasteiger partial charge is 0.128 e. The van der Waals surface area contributed by atoms with Gasteiger partial charge in [-0.25, -0.2) is 4.39 Å². The third-order valence-electron chi connectivity index (χ3n) is 3.13. The van der Waals surface area contributed by atoms with Gasteiger partial charge in [-0.3, -0.25) is 4.68 Å². The molecule has 108 valence electrons. The number of aryl methyl sites for hydroxylation is 1. The maximum Gasteiger partial charge on any atom is 0.128 e. The lowest BCUT2D eigenvalue weighted by Gasteiger charge is -2.04. The summed E-state index contributed by atoms with van der Waals surface area (Å²) in [5, 5.41) is 8.30. The van der Waals surface area contributed by atoms with Gasteiger partial charge in [-0.15, -0.1) is 0 Å². The van der Waals surface area contributed by atoms with Gasteiger partial charge in [0.05, 0.1) is 12.2 Å². The van der Waals surface area contributed by atoms with Crippen molar-refractivity contribution in [1.82, 2.24) is 15.1 Å². The molecule has 0 aliphatic rings. The van der Waals surface area contributed by atoms with E-state index in [-0.39, 0.29) is 5.82 Å². The number of halogens is 2. The van der Waals surface area contributed by atoms with E-state index in [1.807, 2.05) is 13.1 Å². The topological polar surface area (TPSA) is 29.9 Å². The molecule has 1 aromatic heterocycles. The van der Waals surface area contributed by atoms with Gasteiger partial charge in [-0.1, -0.05) is 18.5 Å². The van der Waals surface area contributed by atoms with E-state index in [1.165, 1.54) is 6.07 Å². The summed E-state index contributed by atoms with van der Waals surface area (Å²) in [4.78, 5) is 0. The van der Waals surface area contributed by atoms with Crippen LogP contribution in [0.25, 0.3) is 0 Å². The van der Waals surface area contributed by atoms with Crippen molar-refractivity contribution in [3.05, 3.63) is 52.1 Å². The summed E-state index contributed by atoms with van der Waals surface area (Å²) >= 11 is 5.90. The first kappa shape index (κ1) is 15.0. The van der Waals surface area contributed by atoms with Gasteiger partial charge in [0.2, 0.25) is 0 Å². The van der Waals surface area contributed by atoms with Crippen LogP contribution in [0.15, 0.2) is 24.4 Å². The molecule has 0 bridgehead atoms. The van der Waals surface area contributed by atoms with E-state index in [9.17, 15) is 4.39 Å². The Balaban J connectivity index is 2.10. The minimum absolute atomic E-state index is 0.256. The summed E-state index contributed by atoms with van der Waals surface area (Å²) in [6, 6.07) is 4.58. The summed E-state index contributed by atoms with van der Waals surface area (Å²) in [6.45, 7) is 6.26. The Morgan fingerprint density at radius 3 is 2.90 bits per heavy atom. The quantitative estimate of drug-likeness (QED) is 0.826. The van der Waals surface area contributed by atoms with Gasteiger partial charge < -0.3 is 5.32 Å². The Morgan fingerprint density at radius 1 is 1.35 bits per heavy atom. The van der Waals surface area contributed by atoms with E-state index in [2.05, 4.69) is 17.3 Å². The molecule has 0 fully saturated rings. The number of rotatable bonds is 6.